The molecule has 9 nitrogen and oxygen atoms in total. The van der Waals surface area contributed by atoms with Crippen LogP contribution in [0.25, 0.3) is 0 Å². The third-order valence-electron chi connectivity index (χ3n) is 5.70. The fourth-order valence-electron chi connectivity index (χ4n) is 4.04. The molecule has 2 aromatic rings. The average molecular weight is 387 g/mol. The Balaban J connectivity index is 1.31. The number of aromatic nitrogens is 4. The molecular formula is C19H30N8O. The zero-order chi connectivity index (χ0) is 19.5. The van der Waals surface area contributed by atoms with Crippen molar-refractivity contribution in [1.29, 1.82) is 0 Å². The second-order valence-corrected chi connectivity index (χ2v) is 7.70. The minimum atomic E-state index is 0.189. The number of rotatable bonds is 7. The molecule has 0 saturated carbocycles. The van der Waals surface area contributed by atoms with E-state index in [0.29, 0.717) is 12.0 Å². The van der Waals surface area contributed by atoms with E-state index in [9.17, 15) is 0 Å². The van der Waals surface area contributed by atoms with E-state index in [1.54, 1.807) is 7.11 Å². The molecule has 152 valence electrons. The second-order valence-electron chi connectivity index (χ2n) is 7.70. The number of methoxy groups -OCH3 is 1. The molecule has 0 unspecified atom stereocenters. The van der Waals surface area contributed by atoms with E-state index in [1.807, 2.05) is 18.5 Å². The Kier molecular flexibility index (Phi) is 5.74. The highest BCUT2D eigenvalue weighted by atomic mass is 16.5. The van der Waals surface area contributed by atoms with Gasteiger partial charge in [0.2, 0.25) is 5.95 Å². The maximum atomic E-state index is 5.66. The lowest BCUT2D eigenvalue weighted by molar-refractivity contribution is 0.0639. The molecule has 2 aromatic heterocycles. The monoisotopic (exact) mass is 386 g/mol. The van der Waals surface area contributed by atoms with E-state index in [-0.39, 0.29) is 6.10 Å². The van der Waals surface area contributed by atoms with E-state index >= 15 is 0 Å². The topological polar surface area (TPSA) is 74.6 Å². The fourth-order valence-corrected chi connectivity index (χ4v) is 4.04. The Bertz CT molecular complexity index is 779. The summed E-state index contributed by atoms with van der Waals surface area (Å²) >= 11 is 0. The van der Waals surface area contributed by atoms with E-state index in [0.717, 1.165) is 51.6 Å². The highest BCUT2D eigenvalue weighted by Gasteiger charge is 2.35. The van der Waals surface area contributed by atoms with Gasteiger partial charge in [0, 0.05) is 58.8 Å². The fraction of sp³-hybridized carbons (Fsp3) is 0.632. The number of hydrogen-bond donors (Lipinski definition) is 1. The van der Waals surface area contributed by atoms with Gasteiger partial charge in [0.25, 0.3) is 0 Å². The SMILES string of the molecule is CO[C@@H]1CN(c2ccnc(NCCN3CCn4nccc4C3)n2)C[C@@H]1N(C)C. The van der Waals surface area contributed by atoms with Gasteiger partial charge in [-0.05, 0) is 26.2 Å². The van der Waals surface area contributed by atoms with Crippen LogP contribution in [-0.4, -0.2) is 95.6 Å². The normalized spacial score (nSPS) is 22.6. The Morgan fingerprint density at radius 3 is 2.89 bits per heavy atom. The molecule has 1 N–H and O–H groups in total. The number of anilines is 2. The van der Waals surface area contributed by atoms with Gasteiger partial charge in [-0.25, -0.2) is 4.98 Å². The van der Waals surface area contributed by atoms with Crippen LogP contribution in [0.5, 0.6) is 0 Å². The summed E-state index contributed by atoms with van der Waals surface area (Å²) < 4.78 is 7.75. The molecule has 0 amide bonds. The largest absolute Gasteiger partial charge is 0.378 e. The van der Waals surface area contributed by atoms with Crippen molar-refractivity contribution in [2.45, 2.75) is 25.2 Å². The number of ether oxygens (including phenoxy) is 1. The van der Waals surface area contributed by atoms with Crippen LogP contribution in [0, 0.1) is 0 Å². The molecular weight excluding hydrogens is 356 g/mol. The van der Waals surface area contributed by atoms with Crippen LogP contribution in [0.1, 0.15) is 5.69 Å². The predicted octanol–water partition coefficient (Wildman–Crippen LogP) is 0.366. The summed E-state index contributed by atoms with van der Waals surface area (Å²) in [5, 5.41) is 7.71. The summed E-state index contributed by atoms with van der Waals surface area (Å²) in [5.74, 6) is 1.63. The highest BCUT2D eigenvalue weighted by molar-refractivity contribution is 5.44. The Hall–Kier alpha value is -2.23. The molecule has 4 heterocycles. The molecule has 1 fully saturated rings. The molecule has 0 spiro atoms. The second kappa shape index (κ2) is 8.42. The number of fused-ring (bicyclic) bond motifs is 1. The number of nitrogens with zero attached hydrogens (tertiary/aromatic N) is 7. The average Bonchev–Trinajstić information content (AvgIpc) is 3.35. The Labute approximate surface area is 166 Å². The maximum absolute atomic E-state index is 5.66. The molecule has 1 saturated heterocycles. The summed E-state index contributed by atoms with van der Waals surface area (Å²) in [6, 6.07) is 4.43. The van der Waals surface area contributed by atoms with Crippen LogP contribution in [0.2, 0.25) is 0 Å². The van der Waals surface area contributed by atoms with Gasteiger partial charge in [0.05, 0.1) is 24.4 Å². The van der Waals surface area contributed by atoms with Gasteiger partial charge in [0.1, 0.15) is 5.82 Å². The summed E-state index contributed by atoms with van der Waals surface area (Å²) in [4.78, 5) is 16.0. The van der Waals surface area contributed by atoms with Crippen molar-refractivity contribution < 1.29 is 4.74 Å². The van der Waals surface area contributed by atoms with E-state index in [2.05, 4.69) is 54.9 Å². The number of hydrogen-bond acceptors (Lipinski definition) is 8. The van der Waals surface area contributed by atoms with E-state index in [4.69, 9.17) is 9.72 Å². The van der Waals surface area contributed by atoms with Gasteiger partial charge >= 0.3 is 0 Å². The lowest BCUT2D eigenvalue weighted by atomic mass is 10.2. The van der Waals surface area contributed by atoms with Crippen LogP contribution in [-0.2, 0) is 17.8 Å². The minimum Gasteiger partial charge on any atom is -0.378 e. The van der Waals surface area contributed by atoms with Crippen molar-refractivity contribution in [2.75, 3.05) is 64.1 Å². The first-order valence-corrected chi connectivity index (χ1v) is 9.88. The molecule has 0 radical (unpaired) electrons. The van der Waals surface area contributed by atoms with Crippen molar-refractivity contribution in [3.8, 4) is 0 Å². The first kappa shape index (κ1) is 19.1. The highest BCUT2D eigenvalue weighted by Crippen LogP contribution is 2.22. The molecule has 0 bridgehead atoms. The maximum Gasteiger partial charge on any atom is 0.224 e. The summed E-state index contributed by atoms with van der Waals surface area (Å²) in [6.07, 6.45) is 3.90. The number of nitrogens with one attached hydrogen (secondary N) is 1. The lowest BCUT2D eigenvalue weighted by Crippen LogP contribution is -2.39. The third kappa shape index (κ3) is 4.11. The van der Waals surface area contributed by atoms with Gasteiger partial charge in [-0.1, -0.05) is 0 Å². The molecule has 4 rings (SSSR count). The molecule has 0 aromatic carbocycles. The Morgan fingerprint density at radius 1 is 1.21 bits per heavy atom. The van der Waals surface area contributed by atoms with Gasteiger partial charge in [-0.2, -0.15) is 10.1 Å². The van der Waals surface area contributed by atoms with Gasteiger partial charge in [0.15, 0.2) is 0 Å². The van der Waals surface area contributed by atoms with Crippen molar-refractivity contribution in [3.63, 3.8) is 0 Å². The summed E-state index contributed by atoms with van der Waals surface area (Å²) in [6.45, 7) is 6.45. The third-order valence-corrected chi connectivity index (χ3v) is 5.70. The predicted molar refractivity (Wildman–Crippen MR) is 109 cm³/mol. The van der Waals surface area contributed by atoms with Crippen molar-refractivity contribution in [2.24, 2.45) is 0 Å². The van der Waals surface area contributed by atoms with E-state index < -0.39 is 0 Å². The van der Waals surface area contributed by atoms with Crippen molar-refractivity contribution in [1.82, 2.24) is 29.5 Å². The van der Waals surface area contributed by atoms with Crippen molar-refractivity contribution >= 4 is 11.8 Å². The number of likely N-dealkylation sites (N-methyl/N-ethyl adjacent to an activating group) is 1. The standard InChI is InChI=1S/C19H30N8O/c1-24(2)16-13-26(14-17(16)28-3)18-5-6-20-19(23-18)21-8-9-25-10-11-27-15(12-25)4-7-22-27/h4-7,16-17H,8-14H2,1-3H3,(H,20,21,23)/t16-,17+/m0/s1. The summed E-state index contributed by atoms with van der Waals surface area (Å²) in [5.41, 5.74) is 1.28. The molecule has 28 heavy (non-hydrogen) atoms. The minimum absolute atomic E-state index is 0.189. The van der Waals surface area contributed by atoms with E-state index in [1.165, 1.54) is 5.69 Å². The van der Waals surface area contributed by atoms with Gasteiger partial charge < -0.3 is 19.9 Å². The molecule has 9 heteroatoms. The van der Waals surface area contributed by atoms with Crippen LogP contribution >= 0.6 is 0 Å². The van der Waals surface area contributed by atoms with Crippen molar-refractivity contribution in [3.05, 3.63) is 30.2 Å². The summed E-state index contributed by atoms with van der Waals surface area (Å²) in [7, 11) is 5.98. The molecule has 0 aliphatic carbocycles. The Morgan fingerprint density at radius 2 is 2.11 bits per heavy atom. The first-order valence-electron chi connectivity index (χ1n) is 9.88. The molecule has 2 aliphatic heterocycles. The van der Waals surface area contributed by atoms with Crippen LogP contribution in [0.4, 0.5) is 11.8 Å². The first-order chi connectivity index (χ1) is 13.6. The van der Waals surface area contributed by atoms with Gasteiger partial charge in [-0.3, -0.25) is 9.58 Å². The molecule has 2 atom stereocenters. The zero-order valence-electron chi connectivity index (χ0n) is 17.0. The van der Waals surface area contributed by atoms with Crippen LogP contribution in [0.3, 0.4) is 0 Å². The zero-order valence-corrected chi connectivity index (χ0v) is 17.0. The van der Waals surface area contributed by atoms with Crippen LogP contribution < -0.4 is 10.2 Å². The smallest absolute Gasteiger partial charge is 0.224 e. The quantitative estimate of drug-likeness (QED) is 0.732. The lowest BCUT2D eigenvalue weighted by Gasteiger charge is -2.27. The molecule has 2 aliphatic rings. The van der Waals surface area contributed by atoms with Crippen LogP contribution in [0.15, 0.2) is 24.5 Å². The van der Waals surface area contributed by atoms with Gasteiger partial charge in [-0.15, -0.1) is 0 Å².